The van der Waals surface area contributed by atoms with Gasteiger partial charge in [-0.25, -0.2) is 9.48 Å². The Morgan fingerprint density at radius 3 is 2.32 bits per heavy atom. The summed E-state index contributed by atoms with van der Waals surface area (Å²) in [5.41, 5.74) is 2.76. The number of aryl methyl sites for hydroxylation is 1. The number of aliphatic carboxylic acids is 1. The van der Waals surface area contributed by atoms with Crippen LogP contribution in [0.25, 0.3) is 5.69 Å². The molecule has 0 aliphatic rings. The van der Waals surface area contributed by atoms with Gasteiger partial charge in [0, 0.05) is 11.8 Å². The Hall–Kier alpha value is -3.41. The lowest BCUT2D eigenvalue weighted by molar-refractivity contribution is -0.139. The highest BCUT2D eigenvalue weighted by Crippen LogP contribution is 2.15. The van der Waals surface area contributed by atoms with Crippen LogP contribution in [0.1, 0.15) is 27.5 Å². The average Bonchev–Trinajstić information content (AvgIpc) is 3.06. The molecule has 0 radical (unpaired) electrons. The summed E-state index contributed by atoms with van der Waals surface area (Å²) in [7, 11) is 0. The zero-order valence-corrected chi connectivity index (χ0v) is 13.6. The lowest BCUT2D eigenvalue weighted by Crippen LogP contribution is -2.33. The maximum Gasteiger partial charge on any atom is 0.330 e. The molecule has 0 unspecified atom stereocenters. The van der Waals surface area contributed by atoms with Crippen LogP contribution in [0.2, 0.25) is 0 Å². The molecule has 25 heavy (non-hydrogen) atoms. The summed E-state index contributed by atoms with van der Waals surface area (Å²) in [6.45, 7) is 1.95. The topological polar surface area (TPSA) is 84.2 Å². The van der Waals surface area contributed by atoms with E-state index >= 15 is 0 Å². The minimum Gasteiger partial charge on any atom is -0.479 e. The monoisotopic (exact) mass is 335 g/mol. The van der Waals surface area contributed by atoms with Gasteiger partial charge in [0.2, 0.25) is 0 Å². The van der Waals surface area contributed by atoms with Gasteiger partial charge < -0.3 is 10.4 Å². The molecule has 0 bridgehead atoms. The predicted molar refractivity (Wildman–Crippen MR) is 92.6 cm³/mol. The minimum absolute atomic E-state index is 0.384. The smallest absolute Gasteiger partial charge is 0.330 e. The van der Waals surface area contributed by atoms with Gasteiger partial charge in [-0.1, -0.05) is 30.3 Å². The number of nitrogens with one attached hydrogen (secondary N) is 1. The zero-order valence-electron chi connectivity index (χ0n) is 13.6. The molecule has 1 atom stereocenters. The van der Waals surface area contributed by atoms with Crippen molar-refractivity contribution in [1.29, 1.82) is 0 Å². The molecule has 0 spiro atoms. The van der Waals surface area contributed by atoms with Gasteiger partial charge in [-0.05, 0) is 42.3 Å². The molecular weight excluding hydrogens is 318 g/mol. The van der Waals surface area contributed by atoms with Crippen LogP contribution in [-0.2, 0) is 4.79 Å². The molecule has 2 N–H and O–H groups in total. The molecule has 0 aliphatic heterocycles. The number of hydrogen-bond acceptors (Lipinski definition) is 3. The van der Waals surface area contributed by atoms with Gasteiger partial charge in [0.05, 0.1) is 11.9 Å². The van der Waals surface area contributed by atoms with E-state index in [1.54, 1.807) is 65.5 Å². The number of rotatable bonds is 5. The van der Waals surface area contributed by atoms with Crippen molar-refractivity contribution in [2.45, 2.75) is 13.0 Å². The average molecular weight is 335 g/mol. The van der Waals surface area contributed by atoms with E-state index in [1.165, 1.54) is 0 Å². The van der Waals surface area contributed by atoms with E-state index in [-0.39, 0.29) is 0 Å². The number of aromatic nitrogens is 2. The predicted octanol–water partition coefficient (Wildman–Crippen LogP) is 2.74. The Bertz CT molecular complexity index is 886. The van der Waals surface area contributed by atoms with E-state index in [4.69, 9.17) is 0 Å². The Morgan fingerprint density at radius 2 is 1.76 bits per heavy atom. The SMILES string of the molecule is Cc1cnn(-c2ccc(C(=O)N[C@@H](C(=O)O)c3ccccc3)cc2)c1. The molecular formula is C19H17N3O3. The van der Waals surface area contributed by atoms with Crippen molar-refractivity contribution in [2.75, 3.05) is 0 Å². The molecule has 6 heteroatoms. The highest BCUT2D eigenvalue weighted by molar-refractivity contribution is 5.97. The normalized spacial score (nSPS) is 11.7. The summed E-state index contributed by atoms with van der Waals surface area (Å²) < 4.78 is 1.71. The number of carbonyl (C=O) groups excluding carboxylic acids is 1. The molecule has 2 aromatic carbocycles. The van der Waals surface area contributed by atoms with Crippen molar-refractivity contribution in [1.82, 2.24) is 15.1 Å². The van der Waals surface area contributed by atoms with Gasteiger partial charge in [-0.3, -0.25) is 4.79 Å². The molecule has 0 saturated carbocycles. The molecule has 1 aromatic heterocycles. The third-order valence-corrected chi connectivity index (χ3v) is 3.76. The molecule has 0 aliphatic carbocycles. The van der Waals surface area contributed by atoms with E-state index in [0.717, 1.165) is 11.3 Å². The summed E-state index contributed by atoms with van der Waals surface area (Å²) in [6.07, 6.45) is 3.63. The fourth-order valence-corrected chi connectivity index (χ4v) is 2.47. The maximum absolute atomic E-state index is 12.4. The van der Waals surface area contributed by atoms with E-state index in [9.17, 15) is 14.7 Å². The first-order valence-electron chi connectivity index (χ1n) is 7.75. The maximum atomic E-state index is 12.4. The third-order valence-electron chi connectivity index (χ3n) is 3.76. The van der Waals surface area contributed by atoms with Gasteiger partial charge in [0.1, 0.15) is 0 Å². The number of amides is 1. The molecule has 0 fully saturated rings. The second-order valence-corrected chi connectivity index (χ2v) is 5.66. The van der Waals surface area contributed by atoms with Gasteiger partial charge >= 0.3 is 5.97 Å². The van der Waals surface area contributed by atoms with Crippen LogP contribution in [0.15, 0.2) is 67.0 Å². The summed E-state index contributed by atoms with van der Waals surface area (Å²) in [5, 5.41) is 16.2. The molecule has 1 amide bonds. The number of carbonyl (C=O) groups is 2. The van der Waals surface area contributed by atoms with Crippen LogP contribution >= 0.6 is 0 Å². The van der Waals surface area contributed by atoms with Gasteiger partial charge in [0.25, 0.3) is 5.91 Å². The standard InChI is InChI=1S/C19H17N3O3/c1-13-11-20-22(12-13)16-9-7-15(8-10-16)18(23)21-17(19(24)25)14-5-3-2-4-6-14/h2-12,17H,1H3,(H,21,23)(H,24,25)/t17-/m1/s1. The lowest BCUT2D eigenvalue weighted by atomic mass is 10.1. The van der Waals surface area contributed by atoms with E-state index in [2.05, 4.69) is 10.4 Å². The van der Waals surface area contributed by atoms with Crippen molar-refractivity contribution in [3.63, 3.8) is 0 Å². The minimum atomic E-state index is -1.11. The van der Waals surface area contributed by atoms with Crippen LogP contribution in [0.4, 0.5) is 0 Å². The Kier molecular flexibility index (Phi) is 4.61. The largest absolute Gasteiger partial charge is 0.479 e. The van der Waals surface area contributed by atoms with Gasteiger partial charge in [-0.15, -0.1) is 0 Å². The Morgan fingerprint density at radius 1 is 1.08 bits per heavy atom. The number of benzene rings is 2. The second-order valence-electron chi connectivity index (χ2n) is 5.66. The van der Waals surface area contributed by atoms with Crippen molar-refractivity contribution < 1.29 is 14.7 Å². The molecule has 3 aromatic rings. The summed E-state index contributed by atoms with van der Waals surface area (Å²) in [5.74, 6) is -1.55. The van der Waals surface area contributed by atoms with Crippen LogP contribution in [0, 0.1) is 6.92 Å². The summed E-state index contributed by atoms with van der Waals surface area (Å²) in [4.78, 5) is 23.9. The van der Waals surface area contributed by atoms with E-state index in [1.807, 2.05) is 13.1 Å². The van der Waals surface area contributed by atoms with Crippen molar-refractivity contribution >= 4 is 11.9 Å². The van der Waals surface area contributed by atoms with Gasteiger partial charge in [0.15, 0.2) is 6.04 Å². The number of carboxylic acids is 1. The molecule has 126 valence electrons. The Balaban J connectivity index is 1.77. The zero-order chi connectivity index (χ0) is 17.8. The first kappa shape index (κ1) is 16.4. The Labute approximate surface area is 144 Å². The molecule has 0 saturated heterocycles. The highest BCUT2D eigenvalue weighted by atomic mass is 16.4. The number of hydrogen-bond donors (Lipinski definition) is 2. The van der Waals surface area contributed by atoms with Crippen LogP contribution in [-0.4, -0.2) is 26.8 Å². The molecule has 3 rings (SSSR count). The number of carboxylic acid groups (broad SMARTS) is 1. The summed E-state index contributed by atoms with van der Waals surface area (Å²) in [6, 6.07) is 14.3. The van der Waals surface area contributed by atoms with E-state index in [0.29, 0.717) is 11.1 Å². The summed E-state index contributed by atoms with van der Waals surface area (Å²) >= 11 is 0. The highest BCUT2D eigenvalue weighted by Gasteiger charge is 2.22. The van der Waals surface area contributed by atoms with Crippen molar-refractivity contribution in [2.24, 2.45) is 0 Å². The fraction of sp³-hybridized carbons (Fsp3) is 0.105. The second kappa shape index (κ2) is 7.00. The van der Waals surface area contributed by atoms with E-state index < -0.39 is 17.9 Å². The first-order chi connectivity index (χ1) is 12.0. The quantitative estimate of drug-likeness (QED) is 0.751. The fourth-order valence-electron chi connectivity index (χ4n) is 2.47. The van der Waals surface area contributed by atoms with Crippen LogP contribution in [0.3, 0.4) is 0 Å². The lowest BCUT2D eigenvalue weighted by Gasteiger charge is -2.15. The first-order valence-corrected chi connectivity index (χ1v) is 7.75. The third kappa shape index (κ3) is 3.74. The molecule has 1 heterocycles. The van der Waals surface area contributed by atoms with Gasteiger partial charge in [-0.2, -0.15) is 5.10 Å². The van der Waals surface area contributed by atoms with Crippen LogP contribution < -0.4 is 5.32 Å². The van der Waals surface area contributed by atoms with Crippen molar-refractivity contribution in [3.05, 3.63) is 83.7 Å². The van der Waals surface area contributed by atoms with Crippen LogP contribution in [0.5, 0.6) is 0 Å². The van der Waals surface area contributed by atoms with Crippen molar-refractivity contribution in [3.8, 4) is 5.69 Å². The molecule has 6 nitrogen and oxygen atoms in total. The number of nitrogens with zero attached hydrogens (tertiary/aromatic N) is 2.